The topological polar surface area (TPSA) is 41.1 Å². The maximum Gasteiger partial charge on any atom is 0.137 e. The summed E-state index contributed by atoms with van der Waals surface area (Å²) in [5.41, 5.74) is 1.31. The van der Waals surface area contributed by atoms with Crippen molar-refractivity contribution in [2.24, 2.45) is 5.92 Å². The van der Waals surface area contributed by atoms with E-state index >= 15 is 0 Å². The zero-order valence-corrected chi connectivity index (χ0v) is 12.7. The lowest BCUT2D eigenvalue weighted by Gasteiger charge is -2.33. The van der Waals surface area contributed by atoms with Gasteiger partial charge in [0.25, 0.3) is 0 Å². The van der Waals surface area contributed by atoms with Gasteiger partial charge in [0.05, 0.1) is 0 Å². The Labute approximate surface area is 122 Å². The van der Waals surface area contributed by atoms with Gasteiger partial charge in [-0.3, -0.25) is 0 Å². The molecule has 3 rings (SSSR count). The van der Waals surface area contributed by atoms with E-state index in [1.807, 2.05) is 7.05 Å². The van der Waals surface area contributed by atoms with Gasteiger partial charge >= 0.3 is 0 Å². The fraction of sp³-hybridized carbons (Fsp3) is 0.750. The fourth-order valence-corrected chi connectivity index (χ4v) is 4.02. The second-order valence-corrected chi connectivity index (χ2v) is 6.12. The van der Waals surface area contributed by atoms with Crippen LogP contribution in [0.1, 0.15) is 51.0 Å². The van der Waals surface area contributed by atoms with Crippen LogP contribution in [0.2, 0.25) is 0 Å². The first-order valence-electron chi connectivity index (χ1n) is 8.13. The molecule has 20 heavy (non-hydrogen) atoms. The normalized spacial score (nSPS) is 25.6. The lowest BCUT2D eigenvalue weighted by molar-refractivity contribution is 0.341. The lowest BCUT2D eigenvalue weighted by Crippen LogP contribution is -2.36. The summed E-state index contributed by atoms with van der Waals surface area (Å²) in [6.45, 7) is 3.40. The molecule has 2 aliphatic rings. The first kappa shape index (κ1) is 13.7. The molecule has 0 aromatic carbocycles. The molecule has 2 atom stereocenters. The molecule has 2 unspecified atom stereocenters. The first-order valence-corrected chi connectivity index (χ1v) is 8.13. The highest BCUT2D eigenvalue weighted by Gasteiger charge is 2.37. The number of anilines is 2. The van der Waals surface area contributed by atoms with E-state index in [-0.39, 0.29) is 0 Å². The average molecular weight is 274 g/mol. The highest BCUT2D eigenvalue weighted by Crippen LogP contribution is 2.40. The van der Waals surface area contributed by atoms with Crippen LogP contribution in [0.5, 0.6) is 0 Å². The molecule has 1 N–H and O–H groups in total. The Bertz CT molecular complexity index is 460. The van der Waals surface area contributed by atoms with Crippen LogP contribution >= 0.6 is 0 Å². The van der Waals surface area contributed by atoms with E-state index in [0.29, 0.717) is 0 Å². The van der Waals surface area contributed by atoms with Gasteiger partial charge in [0.1, 0.15) is 18.0 Å². The largest absolute Gasteiger partial charge is 0.373 e. The van der Waals surface area contributed by atoms with Gasteiger partial charge in [-0.25, -0.2) is 9.97 Å². The van der Waals surface area contributed by atoms with E-state index in [2.05, 4.69) is 27.1 Å². The SMILES string of the molecule is CCCc1c(NC)ncnc1N1CCC2CCCCC21. The molecule has 1 aromatic heterocycles. The minimum absolute atomic E-state index is 0.721. The number of fused-ring (bicyclic) bond motifs is 1. The summed E-state index contributed by atoms with van der Waals surface area (Å²) in [4.78, 5) is 11.6. The summed E-state index contributed by atoms with van der Waals surface area (Å²) >= 11 is 0. The maximum absolute atomic E-state index is 4.65. The van der Waals surface area contributed by atoms with Gasteiger partial charge in [0.2, 0.25) is 0 Å². The Morgan fingerprint density at radius 2 is 2.10 bits per heavy atom. The highest BCUT2D eigenvalue weighted by molar-refractivity contribution is 5.59. The van der Waals surface area contributed by atoms with Crippen molar-refractivity contribution in [2.45, 2.75) is 57.9 Å². The molecule has 110 valence electrons. The van der Waals surface area contributed by atoms with Crippen LogP contribution in [-0.2, 0) is 6.42 Å². The van der Waals surface area contributed by atoms with E-state index in [9.17, 15) is 0 Å². The van der Waals surface area contributed by atoms with Crippen molar-refractivity contribution in [1.29, 1.82) is 0 Å². The van der Waals surface area contributed by atoms with E-state index in [4.69, 9.17) is 0 Å². The van der Waals surface area contributed by atoms with Crippen molar-refractivity contribution in [2.75, 3.05) is 23.8 Å². The molecule has 0 amide bonds. The molecule has 4 heteroatoms. The predicted molar refractivity (Wildman–Crippen MR) is 83.3 cm³/mol. The standard InChI is InChI=1S/C16H26N4/c1-3-6-13-15(17-2)18-11-19-16(13)20-10-9-12-7-4-5-8-14(12)20/h11-12,14H,3-10H2,1-2H3,(H,17,18,19). The number of nitrogens with zero attached hydrogens (tertiary/aromatic N) is 3. The number of hydrogen-bond donors (Lipinski definition) is 1. The van der Waals surface area contributed by atoms with Gasteiger partial charge in [-0.1, -0.05) is 26.2 Å². The van der Waals surface area contributed by atoms with Gasteiger partial charge in [-0.2, -0.15) is 0 Å². The Morgan fingerprint density at radius 1 is 1.25 bits per heavy atom. The van der Waals surface area contributed by atoms with Gasteiger partial charge < -0.3 is 10.2 Å². The summed E-state index contributed by atoms with van der Waals surface area (Å²) in [6, 6.07) is 0.721. The molecule has 1 saturated carbocycles. The fourth-order valence-electron chi connectivity index (χ4n) is 4.02. The van der Waals surface area contributed by atoms with Gasteiger partial charge in [0.15, 0.2) is 0 Å². The predicted octanol–water partition coefficient (Wildman–Crippen LogP) is 3.24. The molecule has 4 nitrogen and oxygen atoms in total. The van der Waals surface area contributed by atoms with Crippen LogP contribution in [0.4, 0.5) is 11.6 Å². The zero-order valence-electron chi connectivity index (χ0n) is 12.7. The van der Waals surface area contributed by atoms with Crippen molar-refractivity contribution in [3.8, 4) is 0 Å². The maximum atomic E-state index is 4.65. The van der Waals surface area contributed by atoms with Crippen LogP contribution < -0.4 is 10.2 Å². The van der Waals surface area contributed by atoms with E-state index < -0.39 is 0 Å². The van der Waals surface area contributed by atoms with Gasteiger partial charge in [0, 0.05) is 25.2 Å². The minimum atomic E-state index is 0.721. The average Bonchev–Trinajstić information content (AvgIpc) is 2.92. The molecule has 1 aliphatic carbocycles. The highest BCUT2D eigenvalue weighted by atomic mass is 15.2. The molecule has 2 heterocycles. The first-order chi connectivity index (χ1) is 9.85. The third kappa shape index (κ3) is 2.36. The second-order valence-electron chi connectivity index (χ2n) is 6.12. The second kappa shape index (κ2) is 5.98. The van der Waals surface area contributed by atoms with Gasteiger partial charge in [-0.05, 0) is 31.6 Å². The number of hydrogen-bond acceptors (Lipinski definition) is 4. The summed E-state index contributed by atoms with van der Waals surface area (Å²) in [5.74, 6) is 3.10. The third-order valence-corrected chi connectivity index (χ3v) is 4.94. The Kier molecular flexibility index (Phi) is 4.08. The quantitative estimate of drug-likeness (QED) is 0.915. The van der Waals surface area contributed by atoms with Crippen LogP contribution in [0, 0.1) is 5.92 Å². The molecular weight excluding hydrogens is 248 g/mol. The number of aromatic nitrogens is 2. The van der Waals surface area contributed by atoms with E-state index in [0.717, 1.165) is 30.6 Å². The van der Waals surface area contributed by atoms with Crippen LogP contribution in [-0.4, -0.2) is 29.6 Å². The summed E-state index contributed by atoms with van der Waals surface area (Å²) in [7, 11) is 1.96. The Morgan fingerprint density at radius 3 is 2.90 bits per heavy atom. The Balaban J connectivity index is 1.93. The molecule has 2 fully saturated rings. The van der Waals surface area contributed by atoms with Crippen molar-refractivity contribution < 1.29 is 0 Å². The van der Waals surface area contributed by atoms with E-state index in [1.54, 1.807) is 6.33 Å². The molecule has 0 spiro atoms. The third-order valence-electron chi connectivity index (χ3n) is 4.94. The van der Waals surface area contributed by atoms with Crippen LogP contribution in [0.25, 0.3) is 0 Å². The van der Waals surface area contributed by atoms with Crippen molar-refractivity contribution >= 4 is 11.6 Å². The van der Waals surface area contributed by atoms with Gasteiger partial charge in [-0.15, -0.1) is 0 Å². The van der Waals surface area contributed by atoms with Crippen molar-refractivity contribution in [3.63, 3.8) is 0 Å². The van der Waals surface area contributed by atoms with Crippen molar-refractivity contribution in [1.82, 2.24) is 9.97 Å². The smallest absolute Gasteiger partial charge is 0.137 e. The van der Waals surface area contributed by atoms with Crippen LogP contribution in [0.3, 0.4) is 0 Å². The van der Waals surface area contributed by atoms with Crippen LogP contribution in [0.15, 0.2) is 6.33 Å². The monoisotopic (exact) mass is 274 g/mol. The molecule has 1 aliphatic heterocycles. The molecule has 1 aromatic rings. The summed E-state index contributed by atoms with van der Waals surface area (Å²) in [6.07, 6.45) is 10.8. The van der Waals surface area contributed by atoms with Crippen molar-refractivity contribution in [3.05, 3.63) is 11.9 Å². The summed E-state index contributed by atoms with van der Waals surface area (Å²) < 4.78 is 0. The summed E-state index contributed by atoms with van der Waals surface area (Å²) in [5, 5.41) is 3.24. The lowest BCUT2D eigenvalue weighted by atomic mass is 9.85. The number of nitrogens with one attached hydrogen (secondary N) is 1. The Hall–Kier alpha value is -1.32. The molecular formula is C16H26N4. The molecule has 1 saturated heterocycles. The molecule has 0 radical (unpaired) electrons. The zero-order chi connectivity index (χ0) is 13.9. The minimum Gasteiger partial charge on any atom is -0.373 e. The van der Waals surface area contributed by atoms with E-state index in [1.165, 1.54) is 50.0 Å². The number of rotatable bonds is 4. The molecule has 0 bridgehead atoms.